The molecule has 0 fully saturated rings. The van der Waals surface area contributed by atoms with Crippen LogP contribution in [-0.4, -0.2) is 0 Å². The highest BCUT2D eigenvalue weighted by Gasteiger charge is 2.38. The number of hydrogen-bond acceptors (Lipinski definition) is 0. The summed E-state index contributed by atoms with van der Waals surface area (Å²) in [4.78, 5) is 0. The summed E-state index contributed by atoms with van der Waals surface area (Å²) < 4.78 is 0. The first-order valence-electron chi connectivity index (χ1n) is 13.2. The van der Waals surface area contributed by atoms with Crippen LogP contribution in [0.1, 0.15) is 91.9 Å². The van der Waals surface area contributed by atoms with E-state index in [0.717, 1.165) is 35.5 Å². The van der Waals surface area contributed by atoms with Crippen LogP contribution in [0.2, 0.25) is 0 Å². The molecule has 0 saturated carbocycles. The third-order valence-electron chi connectivity index (χ3n) is 8.63. The molecular weight excluding hydrogens is 360 g/mol. The van der Waals surface area contributed by atoms with Crippen LogP contribution >= 0.6 is 0 Å². The molecule has 3 aliphatic carbocycles. The first-order valence-corrected chi connectivity index (χ1v) is 13.2. The molecule has 0 spiro atoms. The van der Waals surface area contributed by atoms with Crippen molar-refractivity contribution in [3.63, 3.8) is 0 Å². The van der Waals surface area contributed by atoms with E-state index in [1.165, 1.54) is 64.2 Å². The first kappa shape index (κ1) is 23.6. The lowest BCUT2D eigenvalue weighted by atomic mass is 9.62. The predicted octanol–water partition coefficient (Wildman–Crippen LogP) is 9.16. The topological polar surface area (TPSA) is 0 Å². The van der Waals surface area contributed by atoms with Gasteiger partial charge >= 0.3 is 0 Å². The second kappa shape index (κ2) is 11.0. The number of fused-ring (bicyclic) bond motifs is 3. The fourth-order valence-corrected chi connectivity index (χ4v) is 6.82. The van der Waals surface area contributed by atoms with Crippen molar-refractivity contribution in [3.8, 4) is 0 Å². The van der Waals surface area contributed by atoms with Gasteiger partial charge in [-0.2, -0.15) is 0 Å². The molecule has 7 unspecified atom stereocenters. The summed E-state index contributed by atoms with van der Waals surface area (Å²) >= 11 is 0. The third kappa shape index (κ3) is 5.41. The molecule has 0 saturated heterocycles. The van der Waals surface area contributed by atoms with Crippen LogP contribution in [0, 0.1) is 47.3 Å². The zero-order valence-corrected chi connectivity index (χ0v) is 20.4. The molecule has 3 aliphatic rings. The van der Waals surface area contributed by atoms with Crippen LogP contribution in [0.4, 0.5) is 0 Å². The summed E-state index contributed by atoms with van der Waals surface area (Å²) in [6.45, 7) is 18.2. The molecule has 0 heteroatoms. The minimum absolute atomic E-state index is 0.547. The molecule has 2 bridgehead atoms. The average molecular weight is 409 g/mol. The average Bonchev–Trinajstić information content (AvgIpc) is 2.74. The SMILES string of the molecule is C=CC1CCC(C)C(CCC(C)C)C2=CC(CCC)CCC2C2C=C1C(C=C)CC2. The Bertz CT molecular complexity index is 632. The minimum atomic E-state index is 0.547. The highest BCUT2D eigenvalue weighted by molar-refractivity contribution is 5.28. The molecule has 0 amide bonds. The molecule has 7 atom stereocenters. The van der Waals surface area contributed by atoms with Crippen LogP contribution in [-0.2, 0) is 0 Å². The van der Waals surface area contributed by atoms with Crippen molar-refractivity contribution in [1.29, 1.82) is 0 Å². The molecule has 30 heavy (non-hydrogen) atoms. The third-order valence-corrected chi connectivity index (χ3v) is 8.63. The van der Waals surface area contributed by atoms with Gasteiger partial charge in [-0.3, -0.25) is 0 Å². The zero-order valence-electron chi connectivity index (χ0n) is 20.4. The largest absolute Gasteiger partial charge is 0.102 e. The predicted molar refractivity (Wildman–Crippen MR) is 133 cm³/mol. The van der Waals surface area contributed by atoms with E-state index in [1.807, 2.05) is 5.57 Å². The van der Waals surface area contributed by atoms with Crippen molar-refractivity contribution in [2.75, 3.05) is 0 Å². The quantitative estimate of drug-likeness (QED) is 0.368. The van der Waals surface area contributed by atoms with Gasteiger partial charge in [0, 0.05) is 0 Å². The maximum absolute atomic E-state index is 4.26. The van der Waals surface area contributed by atoms with Crippen molar-refractivity contribution >= 4 is 0 Å². The van der Waals surface area contributed by atoms with Crippen LogP contribution in [0.25, 0.3) is 0 Å². The molecule has 0 N–H and O–H groups in total. The van der Waals surface area contributed by atoms with Crippen molar-refractivity contribution in [1.82, 2.24) is 0 Å². The summed E-state index contributed by atoms with van der Waals surface area (Å²) in [5, 5.41) is 0. The van der Waals surface area contributed by atoms with E-state index in [2.05, 4.69) is 65.2 Å². The monoisotopic (exact) mass is 408 g/mol. The molecule has 168 valence electrons. The van der Waals surface area contributed by atoms with Gasteiger partial charge in [-0.1, -0.05) is 76.0 Å². The maximum atomic E-state index is 4.26. The van der Waals surface area contributed by atoms with Crippen molar-refractivity contribution in [2.24, 2.45) is 47.3 Å². The lowest BCUT2D eigenvalue weighted by Gasteiger charge is -2.43. The van der Waals surface area contributed by atoms with Gasteiger partial charge in [0.2, 0.25) is 0 Å². The molecular formula is C30H48. The minimum Gasteiger partial charge on any atom is -0.102 e. The highest BCUT2D eigenvalue weighted by atomic mass is 14.4. The lowest BCUT2D eigenvalue weighted by Crippen LogP contribution is -2.32. The van der Waals surface area contributed by atoms with Crippen LogP contribution < -0.4 is 0 Å². The number of rotatable bonds is 7. The molecule has 0 heterocycles. The van der Waals surface area contributed by atoms with E-state index in [9.17, 15) is 0 Å². The van der Waals surface area contributed by atoms with Crippen LogP contribution in [0.5, 0.6) is 0 Å². The summed E-state index contributed by atoms with van der Waals surface area (Å²) in [5.41, 5.74) is 3.53. The Morgan fingerprint density at radius 3 is 2.23 bits per heavy atom. The molecule has 0 aromatic rings. The summed E-state index contributed by atoms with van der Waals surface area (Å²) in [5.74, 6) is 5.83. The van der Waals surface area contributed by atoms with Gasteiger partial charge in [-0.15, -0.1) is 13.2 Å². The van der Waals surface area contributed by atoms with Crippen LogP contribution in [0.15, 0.2) is 48.6 Å². The Morgan fingerprint density at radius 1 is 0.900 bits per heavy atom. The van der Waals surface area contributed by atoms with Gasteiger partial charge in [-0.05, 0) is 98.7 Å². The van der Waals surface area contributed by atoms with Gasteiger partial charge < -0.3 is 0 Å². The Kier molecular flexibility index (Phi) is 8.67. The fourth-order valence-electron chi connectivity index (χ4n) is 6.82. The van der Waals surface area contributed by atoms with Gasteiger partial charge in [-0.25, -0.2) is 0 Å². The Labute approximate surface area is 188 Å². The van der Waals surface area contributed by atoms with E-state index < -0.39 is 0 Å². The van der Waals surface area contributed by atoms with E-state index in [1.54, 1.807) is 5.57 Å². The molecule has 0 nitrogen and oxygen atoms in total. The highest BCUT2D eigenvalue weighted by Crippen LogP contribution is 2.49. The summed E-state index contributed by atoms with van der Waals surface area (Å²) in [7, 11) is 0. The Hall–Kier alpha value is -1.04. The fraction of sp³-hybridized carbons (Fsp3) is 0.733. The van der Waals surface area contributed by atoms with Gasteiger partial charge in [0.05, 0.1) is 0 Å². The molecule has 3 rings (SSSR count). The second-order valence-electron chi connectivity index (χ2n) is 11.1. The normalized spacial score (nSPS) is 37.0. The maximum Gasteiger partial charge on any atom is -0.00198 e. The second-order valence-corrected chi connectivity index (χ2v) is 11.1. The van der Waals surface area contributed by atoms with Crippen molar-refractivity contribution in [3.05, 3.63) is 48.6 Å². The zero-order chi connectivity index (χ0) is 21.7. The Morgan fingerprint density at radius 2 is 1.60 bits per heavy atom. The number of hydrogen-bond donors (Lipinski definition) is 0. The number of allylic oxidation sites excluding steroid dienone is 6. The van der Waals surface area contributed by atoms with Gasteiger partial charge in [0.15, 0.2) is 0 Å². The van der Waals surface area contributed by atoms with Gasteiger partial charge in [0.25, 0.3) is 0 Å². The smallest absolute Gasteiger partial charge is 0.00198 e. The van der Waals surface area contributed by atoms with E-state index in [-0.39, 0.29) is 0 Å². The van der Waals surface area contributed by atoms with E-state index in [4.69, 9.17) is 0 Å². The molecule has 0 aromatic heterocycles. The summed E-state index contributed by atoms with van der Waals surface area (Å²) in [6, 6.07) is 0. The molecule has 0 aliphatic heterocycles. The molecule has 0 aromatic carbocycles. The van der Waals surface area contributed by atoms with Crippen LogP contribution in [0.3, 0.4) is 0 Å². The van der Waals surface area contributed by atoms with E-state index in [0.29, 0.717) is 11.8 Å². The van der Waals surface area contributed by atoms with Gasteiger partial charge in [0.1, 0.15) is 0 Å². The molecule has 0 radical (unpaired) electrons. The Balaban J connectivity index is 2.01. The van der Waals surface area contributed by atoms with E-state index >= 15 is 0 Å². The van der Waals surface area contributed by atoms with Crippen molar-refractivity contribution in [2.45, 2.75) is 91.9 Å². The lowest BCUT2D eigenvalue weighted by molar-refractivity contribution is 0.234. The standard InChI is InChI=1S/C30H48/c1-7-10-23-13-18-28-26-16-15-25(9-3)29(20-26)24(8-2)14-12-22(6)27(30(28)19-23)17-11-21(4)5/h8-9,19-28H,2-3,7,10-18H2,1,4-6H3. The first-order chi connectivity index (χ1) is 14.5. The summed E-state index contributed by atoms with van der Waals surface area (Å²) in [6.07, 6.45) is 23.5. The van der Waals surface area contributed by atoms with Crippen molar-refractivity contribution < 1.29 is 0 Å².